The van der Waals surface area contributed by atoms with Crippen molar-refractivity contribution in [3.63, 3.8) is 0 Å². The van der Waals surface area contributed by atoms with E-state index in [0.717, 1.165) is 20.6 Å². The molecular weight excluding hydrogens is 324 g/mol. The molecule has 23 heavy (non-hydrogen) atoms. The fraction of sp³-hybridized carbons (Fsp3) is 0.105. The summed E-state index contributed by atoms with van der Waals surface area (Å²) in [6.07, 6.45) is 0. The fourth-order valence-electron chi connectivity index (χ4n) is 2.13. The Kier molecular flexibility index (Phi) is 5.16. The highest BCUT2D eigenvalue weighted by molar-refractivity contribution is 8.00. The summed E-state index contributed by atoms with van der Waals surface area (Å²) < 4.78 is 6.28. The molecule has 0 aliphatic heterocycles. The van der Waals surface area contributed by atoms with Crippen LogP contribution in [0.15, 0.2) is 70.9 Å². The number of hydrogen-bond donors (Lipinski definition) is 0. The molecule has 0 saturated carbocycles. The highest BCUT2D eigenvalue weighted by atomic mass is 32.2. The van der Waals surface area contributed by atoms with Gasteiger partial charge in [-0.1, -0.05) is 30.3 Å². The number of methoxy groups -OCH3 is 1. The fourth-order valence-corrected chi connectivity index (χ4v) is 4.18. The van der Waals surface area contributed by atoms with E-state index in [0.29, 0.717) is 5.56 Å². The van der Waals surface area contributed by atoms with Crippen molar-refractivity contribution >= 4 is 28.9 Å². The van der Waals surface area contributed by atoms with Gasteiger partial charge >= 0.3 is 0 Å². The molecule has 0 bridgehead atoms. The number of thiophene rings is 1. The van der Waals surface area contributed by atoms with Gasteiger partial charge in [0.05, 0.1) is 16.2 Å². The number of carbonyl (C=O) groups excluding carboxylic acids is 1. The second-order valence-electron chi connectivity index (χ2n) is 4.95. The van der Waals surface area contributed by atoms with Crippen molar-refractivity contribution in [1.82, 2.24) is 0 Å². The second-order valence-corrected chi connectivity index (χ2v) is 7.31. The molecule has 4 heteroatoms. The first-order chi connectivity index (χ1) is 11.3. The Morgan fingerprint density at radius 3 is 2.43 bits per heavy atom. The summed E-state index contributed by atoms with van der Waals surface area (Å²) in [4.78, 5) is 13.3. The van der Waals surface area contributed by atoms with Crippen molar-refractivity contribution in [2.45, 2.75) is 9.96 Å². The van der Waals surface area contributed by atoms with Gasteiger partial charge in [-0.2, -0.15) is 0 Å². The van der Waals surface area contributed by atoms with Crippen molar-refractivity contribution in [1.29, 1.82) is 0 Å². The van der Waals surface area contributed by atoms with Crippen LogP contribution in [0.4, 0.5) is 0 Å². The number of ketones is 1. The molecule has 0 saturated heterocycles. The smallest absolute Gasteiger partial charge is 0.202 e. The predicted octanol–water partition coefficient (Wildman–Crippen LogP) is 5.28. The molecule has 0 unspecified atom stereocenters. The number of thioether (sulfide) groups is 1. The monoisotopic (exact) mass is 340 g/mol. The van der Waals surface area contributed by atoms with Crippen molar-refractivity contribution in [2.75, 3.05) is 7.11 Å². The van der Waals surface area contributed by atoms with Gasteiger partial charge in [-0.05, 0) is 42.0 Å². The summed E-state index contributed by atoms with van der Waals surface area (Å²) in [5, 5.41) is 0. The Hall–Kier alpha value is -2.04. The minimum absolute atomic E-state index is 0.0595. The molecule has 3 rings (SSSR count). The minimum Gasteiger partial charge on any atom is -0.497 e. The zero-order chi connectivity index (χ0) is 16.1. The van der Waals surface area contributed by atoms with Gasteiger partial charge in [-0.3, -0.25) is 4.79 Å². The molecule has 0 aliphatic rings. The summed E-state index contributed by atoms with van der Waals surface area (Å²) in [6.45, 7) is 0. The Morgan fingerprint density at radius 2 is 1.74 bits per heavy atom. The molecule has 0 atom stereocenters. The zero-order valence-electron chi connectivity index (χ0n) is 12.7. The van der Waals surface area contributed by atoms with Gasteiger partial charge in [0.15, 0.2) is 0 Å². The largest absolute Gasteiger partial charge is 0.497 e. The molecule has 0 aliphatic carbocycles. The van der Waals surface area contributed by atoms with E-state index in [1.54, 1.807) is 42.3 Å². The molecule has 1 heterocycles. The van der Waals surface area contributed by atoms with E-state index < -0.39 is 0 Å². The number of benzene rings is 2. The van der Waals surface area contributed by atoms with Crippen LogP contribution in [-0.2, 0) is 5.75 Å². The molecule has 0 amide bonds. The molecule has 2 nitrogen and oxygen atoms in total. The van der Waals surface area contributed by atoms with E-state index in [2.05, 4.69) is 12.1 Å². The first-order valence-corrected chi connectivity index (χ1v) is 9.02. The highest BCUT2D eigenvalue weighted by Gasteiger charge is 2.12. The van der Waals surface area contributed by atoms with E-state index in [1.165, 1.54) is 5.56 Å². The maximum absolute atomic E-state index is 12.5. The molecule has 0 spiro atoms. The van der Waals surface area contributed by atoms with E-state index >= 15 is 0 Å². The second kappa shape index (κ2) is 7.49. The van der Waals surface area contributed by atoms with Crippen LogP contribution in [0.3, 0.4) is 0 Å². The number of rotatable bonds is 6. The highest BCUT2D eigenvalue weighted by Crippen LogP contribution is 2.31. The third-order valence-corrected chi connectivity index (χ3v) is 5.76. The lowest BCUT2D eigenvalue weighted by Crippen LogP contribution is -1.98. The van der Waals surface area contributed by atoms with E-state index in [4.69, 9.17) is 4.74 Å². The number of carbonyl (C=O) groups is 1. The molecular formula is C19H16O2S2. The van der Waals surface area contributed by atoms with Gasteiger partial charge in [0.2, 0.25) is 5.78 Å². The number of hydrogen-bond acceptors (Lipinski definition) is 4. The lowest BCUT2D eigenvalue weighted by Gasteiger charge is -2.01. The van der Waals surface area contributed by atoms with E-state index in [1.807, 2.05) is 42.5 Å². The summed E-state index contributed by atoms with van der Waals surface area (Å²) >= 11 is 3.31. The average Bonchev–Trinajstić information content (AvgIpc) is 3.09. The standard InChI is InChI=1S/C19H16O2S2/c1-21-16-9-7-15(8-10-16)19(20)17-11-12-18(23-17)22-13-14-5-3-2-4-6-14/h2-12H,13H2,1H3. The maximum atomic E-state index is 12.5. The molecule has 0 radical (unpaired) electrons. The van der Waals surface area contributed by atoms with Gasteiger partial charge in [0.25, 0.3) is 0 Å². The van der Waals surface area contributed by atoms with Crippen LogP contribution in [0.1, 0.15) is 20.8 Å². The van der Waals surface area contributed by atoms with Crippen molar-refractivity contribution in [3.05, 3.63) is 82.7 Å². The van der Waals surface area contributed by atoms with Crippen LogP contribution in [0.25, 0.3) is 0 Å². The topological polar surface area (TPSA) is 26.3 Å². The van der Waals surface area contributed by atoms with Gasteiger partial charge < -0.3 is 4.74 Å². The van der Waals surface area contributed by atoms with Crippen molar-refractivity contribution in [2.24, 2.45) is 0 Å². The molecule has 3 aromatic rings. The predicted molar refractivity (Wildman–Crippen MR) is 96.7 cm³/mol. The van der Waals surface area contributed by atoms with Crippen LogP contribution in [0, 0.1) is 0 Å². The van der Waals surface area contributed by atoms with Crippen molar-refractivity contribution < 1.29 is 9.53 Å². The van der Waals surface area contributed by atoms with Crippen LogP contribution < -0.4 is 4.74 Å². The van der Waals surface area contributed by atoms with E-state index in [9.17, 15) is 4.79 Å². The maximum Gasteiger partial charge on any atom is 0.202 e. The summed E-state index contributed by atoms with van der Waals surface area (Å²) in [5.41, 5.74) is 1.97. The zero-order valence-corrected chi connectivity index (χ0v) is 14.3. The number of ether oxygens (including phenoxy) is 1. The quantitative estimate of drug-likeness (QED) is 0.451. The molecule has 0 fully saturated rings. The van der Waals surface area contributed by atoms with Gasteiger partial charge in [-0.15, -0.1) is 23.1 Å². The first-order valence-electron chi connectivity index (χ1n) is 7.21. The Bertz CT molecular complexity index is 777. The molecule has 1 aromatic heterocycles. The summed E-state index contributed by atoms with van der Waals surface area (Å²) in [5.74, 6) is 1.73. The molecule has 116 valence electrons. The van der Waals surface area contributed by atoms with Gasteiger partial charge in [0, 0.05) is 11.3 Å². The Morgan fingerprint density at radius 1 is 1.00 bits per heavy atom. The van der Waals surface area contributed by atoms with Crippen LogP contribution in [-0.4, -0.2) is 12.9 Å². The minimum atomic E-state index is 0.0595. The first kappa shape index (κ1) is 15.8. The third kappa shape index (κ3) is 4.03. The third-order valence-electron chi connectivity index (χ3n) is 3.38. The molecule has 2 aromatic carbocycles. The summed E-state index contributed by atoms with van der Waals surface area (Å²) in [7, 11) is 1.62. The summed E-state index contributed by atoms with van der Waals surface area (Å²) in [6, 6.07) is 21.5. The van der Waals surface area contributed by atoms with Gasteiger partial charge in [-0.25, -0.2) is 0 Å². The van der Waals surface area contributed by atoms with Gasteiger partial charge in [0.1, 0.15) is 5.75 Å². The lowest BCUT2D eigenvalue weighted by molar-refractivity contribution is 0.104. The van der Waals surface area contributed by atoms with Crippen LogP contribution in [0.5, 0.6) is 5.75 Å². The van der Waals surface area contributed by atoms with Crippen LogP contribution >= 0.6 is 23.1 Å². The Labute approximate surface area is 144 Å². The normalized spacial score (nSPS) is 10.5. The average molecular weight is 340 g/mol. The van der Waals surface area contributed by atoms with Crippen molar-refractivity contribution in [3.8, 4) is 5.75 Å². The van der Waals surface area contributed by atoms with E-state index in [-0.39, 0.29) is 5.78 Å². The van der Waals surface area contributed by atoms with Crippen LogP contribution in [0.2, 0.25) is 0 Å². The lowest BCUT2D eigenvalue weighted by atomic mass is 10.1. The molecule has 0 N–H and O–H groups in total. The SMILES string of the molecule is COc1ccc(C(=O)c2ccc(SCc3ccccc3)s2)cc1. The Balaban J connectivity index is 1.67.